The molecule has 2 N–H and O–H groups in total. The highest BCUT2D eigenvalue weighted by Gasteiger charge is 2.38. The summed E-state index contributed by atoms with van der Waals surface area (Å²) < 4.78 is 0. The van der Waals surface area contributed by atoms with E-state index in [0.29, 0.717) is 6.04 Å². The molecule has 0 bridgehead atoms. The van der Waals surface area contributed by atoms with E-state index in [0.717, 1.165) is 18.3 Å². The van der Waals surface area contributed by atoms with E-state index in [-0.39, 0.29) is 6.04 Å². The van der Waals surface area contributed by atoms with Crippen LogP contribution in [0.4, 0.5) is 0 Å². The van der Waals surface area contributed by atoms with Gasteiger partial charge in [-0.15, -0.1) is 0 Å². The molecule has 2 nitrogen and oxygen atoms in total. The van der Waals surface area contributed by atoms with Crippen LogP contribution in [0, 0.1) is 11.8 Å². The third-order valence-corrected chi connectivity index (χ3v) is 6.05. The third-order valence-electron chi connectivity index (χ3n) is 6.05. The number of hydrogen-bond donors (Lipinski definition) is 1. The van der Waals surface area contributed by atoms with Crippen LogP contribution in [0.3, 0.4) is 0 Å². The fourth-order valence-electron chi connectivity index (χ4n) is 4.89. The van der Waals surface area contributed by atoms with E-state index in [2.05, 4.69) is 29.2 Å². The first-order valence-corrected chi connectivity index (χ1v) is 8.40. The molecule has 108 valence electrons. The van der Waals surface area contributed by atoms with Crippen LogP contribution in [0.15, 0.2) is 24.3 Å². The lowest BCUT2D eigenvalue weighted by Gasteiger charge is -2.44. The molecule has 1 aliphatic heterocycles. The average molecular weight is 270 g/mol. The predicted octanol–water partition coefficient (Wildman–Crippen LogP) is 3.12. The number of rotatable bonds is 1. The lowest BCUT2D eigenvalue weighted by Crippen LogP contribution is -2.49. The molecule has 4 unspecified atom stereocenters. The van der Waals surface area contributed by atoms with Crippen molar-refractivity contribution in [3.8, 4) is 0 Å². The first-order chi connectivity index (χ1) is 9.83. The van der Waals surface area contributed by atoms with Crippen LogP contribution in [0.5, 0.6) is 0 Å². The zero-order valence-corrected chi connectivity index (χ0v) is 12.3. The molecule has 0 radical (unpaired) electrons. The molecule has 1 aromatic carbocycles. The number of piperidine rings is 1. The quantitative estimate of drug-likeness (QED) is 0.849. The normalized spacial score (nSPS) is 37.5. The Balaban J connectivity index is 1.49. The predicted molar refractivity (Wildman–Crippen MR) is 82.5 cm³/mol. The van der Waals surface area contributed by atoms with Gasteiger partial charge in [-0.2, -0.15) is 0 Å². The van der Waals surface area contributed by atoms with E-state index in [1.165, 1.54) is 56.3 Å². The summed E-state index contributed by atoms with van der Waals surface area (Å²) in [7, 11) is 0. The minimum atomic E-state index is 0.228. The molecule has 1 heterocycles. The molecule has 1 saturated heterocycles. The highest BCUT2D eigenvalue weighted by atomic mass is 15.2. The molecule has 0 amide bonds. The molecular formula is C18H26N2. The van der Waals surface area contributed by atoms with Gasteiger partial charge in [0.1, 0.15) is 0 Å². The maximum atomic E-state index is 6.55. The summed E-state index contributed by atoms with van der Waals surface area (Å²) >= 11 is 0. The standard InChI is InChI=1S/C18H26N2/c19-18-16-8-4-3-6-14(16)11-17(18)20-10-9-13-5-1-2-7-15(13)12-20/h3-4,6,8,13,15,17-18H,1-2,5,7,9-12,19H2. The summed E-state index contributed by atoms with van der Waals surface area (Å²) in [5, 5.41) is 0. The lowest BCUT2D eigenvalue weighted by molar-refractivity contribution is 0.0518. The Morgan fingerprint density at radius 1 is 1.00 bits per heavy atom. The van der Waals surface area contributed by atoms with Gasteiger partial charge in [-0.05, 0) is 48.8 Å². The summed E-state index contributed by atoms with van der Waals surface area (Å²) in [6.45, 7) is 2.57. The zero-order chi connectivity index (χ0) is 13.5. The Kier molecular flexibility index (Phi) is 3.31. The lowest BCUT2D eigenvalue weighted by atomic mass is 9.74. The smallest absolute Gasteiger partial charge is 0.0459 e. The molecule has 4 atom stereocenters. The van der Waals surface area contributed by atoms with Crippen molar-refractivity contribution >= 4 is 0 Å². The second-order valence-corrected chi connectivity index (χ2v) is 7.08. The van der Waals surface area contributed by atoms with Crippen molar-refractivity contribution in [1.29, 1.82) is 0 Å². The second kappa shape index (κ2) is 5.16. The summed E-state index contributed by atoms with van der Waals surface area (Å²) in [4.78, 5) is 2.72. The molecular weight excluding hydrogens is 244 g/mol. The number of fused-ring (bicyclic) bond motifs is 2. The molecule has 4 rings (SSSR count). The van der Waals surface area contributed by atoms with Gasteiger partial charge in [-0.3, -0.25) is 4.90 Å². The topological polar surface area (TPSA) is 29.3 Å². The summed E-state index contributed by atoms with van der Waals surface area (Å²) in [6, 6.07) is 9.56. The summed E-state index contributed by atoms with van der Waals surface area (Å²) in [6.07, 6.45) is 8.42. The van der Waals surface area contributed by atoms with Crippen LogP contribution < -0.4 is 5.73 Å². The molecule has 0 aromatic heterocycles. The number of nitrogens with two attached hydrogens (primary N) is 1. The van der Waals surface area contributed by atoms with E-state index in [1.54, 1.807) is 0 Å². The van der Waals surface area contributed by atoms with E-state index in [9.17, 15) is 0 Å². The third kappa shape index (κ3) is 2.10. The number of nitrogens with zero attached hydrogens (tertiary/aromatic N) is 1. The van der Waals surface area contributed by atoms with E-state index in [1.807, 2.05) is 0 Å². The van der Waals surface area contributed by atoms with Crippen molar-refractivity contribution in [3.63, 3.8) is 0 Å². The molecule has 1 aromatic rings. The van der Waals surface area contributed by atoms with Crippen molar-refractivity contribution in [2.24, 2.45) is 17.6 Å². The fraction of sp³-hybridized carbons (Fsp3) is 0.667. The average Bonchev–Trinajstić information content (AvgIpc) is 2.84. The Morgan fingerprint density at radius 3 is 2.65 bits per heavy atom. The molecule has 3 aliphatic rings. The molecule has 2 heteroatoms. The van der Waals surface area contributed by atoms with Gasteiger partial charge in [0, 0.05) is 18.6 Å². The van der Waals surface area contributed by atoms with E-state index in [4.69, 9.17) is 5.73 Å². The van der Waals surface area contributed by atoms with Crippen molar-refractivity contribution in [2.45, 2.75) is 50.6 Å². The van der Waals surface area contributed by atoms with Gasteiger partial charge in [0.05, 0.1) is 0 Å². The SMILES string of the molecule is NC1c2ccccc2CC1N1CCC2CCCCC2C1. The zero-order valence-electron chi connectivity index (χ0n) is 12.3. The number of hydrogen-bond acceptors (Lipinski definition) is 2. The fourth-order valence-corrected chi connectivity index (χ4v) is 4.89. The van der Waals surface area contributed by atoms with Crippen LogP contribution in [-0.4, -0.2) is 24.0 Å². The highest BCUT2D eigenvalue weighted by Crippen LogP contribution is 2.40. The first kappa shape index (κ1) is 12.8. The molecule has 20 heavy (non-hydrogen) atoms. The largest absolute Gasteiger partial charge is 0.323 e. The van der Waals surface area contributed by atoms with Gasteiger partial charge in [0.15, 0.2) is 0 Å². The van der Waals surface area contributed by atoms with Crippen molar-refractivity contribution in [3.05, 3.63) is 35.4 Å². The minimum absolute atomic E-state index is 0.228. The Bertz CT molecular complexity index is 484. The van der Waals surface area contributed by atoms with E-state index >= 15 is 0 Å². The minimum Gasteiger partial charge on any atom is -0.323 e. The maximum absolute atomic E-state index is 6.55. The van der Waals surface area contributed by atoms with Crippen molar-refractivity contribution in [1.82, 2.24) is 4.90 Å². The van der Waals surface area contributed by atoms with Crippen molar-refractivity contribution < 1.29 is 0 Å². The molecule has 2 fully saturated rings. The number of benzene rings is 1. The Morgan fingerprint density at radius 2 is 1.80 bits per heavy atom. The van der Waals surface area contributed by atoms with Gasteiger partial charge in [0.2, 0.25) is 0 Å². The van der Waals surface area contributed by atoms with Gasteiger partial charge < -0.3 is 5.73 Å². The van der Waals surface area contributed by atoms with Gasteiger partial charge >= 0.3 is 0 Å². The van der Waals surface area contributed by atoms with Crippen molar-refractivity contribution in [2.75, 3.05) is 13.1 Å². The maximum Gasteiger partial charge on any atom is 0.0459 e. The highest BCUT2D eigenvalue weighted by molar-refractivity contribution is 5.37. The van der Waals surface area contributed by atoms with Crippen LogP contribution in [-0.2, 0) is 6.42 Å². The first-order valence-electron chi connectivity index (χ1n) is 8.40. The van der Waals surface area contributed by atoms with Crippen LogP contribution in [0.2, 0.25) is 0 Å². The number of likely N-dealkylation sites (tertiary alicyclic amines) is 1. The Labute approximate surface area is 122 Å². The van der Waals surface area contributed by atoms with Crippen LogP contribution >= 0.6 is 0 Å². The van der Waals surface area contributed by atoms with Gasteiger partial charge in [-0.1, -0.05) is 43.5 Å². The van der Waals surface area contributed by atoms with E-state index < -0.39 is 0 Å². The summed E-state index contributed by atoms with van der Waals surface area (Å²) in [5.74, 6) is 1.97. The second-order valence-electron chi connectivity index (χ2n) is 7.08. The summed E-state index contributed by atoms with van der Waals surface area (Å²) in [5.41, 5.74) is 9.42. The van der Waals surface area contributed by atoms with Gasteiger partial charge in [-0.25, -0.2) is 0 Å². The van der Waals surface area contributed by atoms with Crippen LogP contribution in [0.25, 0.3) is 0 Å². The Hall–Kier alpha value is -0.860. The monoisotopic (exact) mass is 270 g/mol. The molecule has 0 spiro atoms. The van der Waals surface area contributed by atoms with Crippen LogP contribution in [0.1, 0.15) is 49.3 Å². The molecule has 1 saturated carbocycles. The van der Waals surface area contributed by atoms with Gasteiger partial charge in [0.25, 0.3) is 0 Å². The molecule has 2 aliphatic carbocycles.